The molecule has 0 amide bonds. The number of halogens is 1. The molecule has 0 heterocycles. The summed E-state index contributed by atoms with van der Waals surface area (Å²) < 4.78 is 0. The van der Waals surface area contributed by atoms with Crippen molar-refractivity contribution in [2.75, 3.05) is 5.32 Å². The van der Waals surface area contributed by atoms with E-state index in [1.165, 1.54) is 0 Å². The van der Waals surface area contributed by atoms with E-state index in [0.717, 1.165) is 22.5 Å². The first-order valence-electron chi connectivity index (χ1n) is 5.64. The Balaban J connectivity index is 2.43. The van der Waals surface area contributed by atoms with Crippen LogP contribution in [-0.4, -0.2) is 0 Å². The van der Waals surface area contributed by atoms with Gasteiger partial charge in [0.25, 0.3) is 0 Å². The molecule has 90 valence electrons. The zero-order valence-corrected chi connectivity index (χ0v) is 11.0. The van der Waals surface area contributed by atoms with Gasteiger partial charge in [-0.2, -0.15) is 5.26 Å². The van der Waals surface area contributed by atoms with E-state index in [0.29, 0.717) is 10.6 Å². The molecule has 0 bridgehead atoms. The van der Waals surface area contributed by atoms with Crippen molar-refractivity contribution in [1.82, 2.24) is 0 Å². The molecule has 0 aliphatic carbocycles. The smallest absolute Gasteiger partial charge is 0.101 e. The van der Waals surface area contributed by atoms with Crippen LogP contribution < -0.4 is 5.32 Å². The zero-order chi connectivity index (χ0) is 13.1. The zero-order valence-electron chi connectivity index (χ0n) is 10.3. The quantitative estimate of drug-likeness (QED) is 0.854. The minimum atomic E-state index is 0.609. The summed E-state index contributed by atoms with van der Waals surface area (Å²) in [6.07, 6.45) is 0. The van der Waals surface area contributed by atoms with Gasteiger partial charge in [-0.15, -0.1) is 0 Å². The molecule has 0 fully saturated rings. The Morgan fingerprint density at radius 2 is 1.61 bits per heavy atom. The number of hydrogen-bond donors (Lipinski definition) is 1. The van der Waals surface area contributed by atoms with Crippen LogP contribution in [0.2, 0.25) is 5.02 Å². The second kappa shape index (κ2) is 5.12. The fourth-order valence-electron chi connectivity index (χ4n) is 1.74. The Morgan fingerprint density at radius 3 is 2.28 bits per heavy atom. The summed E-state index contributed by atoms with van der Waals surface area (Å²) in [6, 6.07) is 13.6. The van der Waals surface area contributed by atoms with Gasteiger partial charge in [0.15, 0.2) is 0 Å². The maximum absolute atomic E-state index is 9.09. The summed E-state index contributed by atoms with van der Waals surface area (Å²) in [5, 5.41) is 13.0. The molecule has 0 radical (unpaired) electrons. The molecule has 0 aliphatic rings. The van der Waals surface area contributed by atoms with Crippen LogP contribution in [0.3, 0.4) is 0 Å². The molecule has 0 spiro atoms. The second-order valence-corrected chi connectivity index (χ2v) is 4.68. The van der Waals surface area contributed by atoms with Crippen molar-refractivity contribution in [3.63, 3.8) is 0 Å². The van der Waals surface area contributed by atoms with Gasteiger partial charge in [-0.1, -0.05) is 23.7 Å². The highest BCUT2D eigenvalue weighted by molar-refractivity contribution is 6.33. The standard InChI is InChI=1S/C15H13ClN2/c1-10-3-5-12(9-17)14(7-10)18-15-8-11(2)4-6-13(15)16/h3-8,18H,1-2H3. The SMILES string of the molecule is Cc1ccc(Cl)c(Nc2cc(C)ccc2C#N)c1. The Bertz CT molecular complexity index is 627. The Morgan fingerprint density at radius 1 is 1.00 bits per heavy atom. The van der Waals surface area contributed by atoms with E-state index in [2.05, 4.69) is 11.4 Å². The molecule has 0 aliphatic heterocycles. The third-order valence-corrected chi connectivity index (χ3v) is 3.02. The summed E-state index contributed by atoms with van der Waals surface area (Å²) in [6.45, 7) is 3.99. The van der Waals surface area contributed by atoms with Crippen molar-refractivity contribution in [3.8, 4) is 6.07 Å². The number of rotatable bonds is 2. The van der Waals surface area contributed by atoms with Crippen LogP contribution in [0.1, 0.15) is 16.7 Å². The summed E-state index contributed by atoms with van der Waals surface area (Å²) in [5.41, 5.74) is 4.43. The summed E-state index contributed by atoms with van der Waals surface area (Å²) in [7, 11) is 0. The van der Waals surface area contributed by atoms with Crippen molar-refractivity contribution < 1.29 is 0 Å². The first-order valence-corrected chi connectivity index (χ1v) is 6.02. The van der Waals surface area contributed by atoms with Crippen LogP contribution in [0.5, 0.6) is 0 Å². The highest BCUT2D eigenvalue weighted by Crippen LogP contribution is 2.28. The third kappa shape index (κ3) is 2.64. The average Bonchev–Trinajstić information content (AvgIpc) is 2.34. The van der Waals surface area contributed by atoms with E-state index in [9.17, 15) is 0 Å². The number of nitriles is 1. The van der Waals surface area contributed by atoms with Gasteiger partial charge in [0.05, 0.1) is 22.0 Å². The molecular weight excluding hydrogens is 244 g/mol. The molecule has 0 atom stereocenters. The predicted molar refractivity (Wildman–Crippen MR) is 75.4 cm³/mol. The predicted octanol–water partition coefficient (Wildman–Crippen LogP) is 4.57. The highest BCUT2D eigenvalue weighted by atomic mass is 35.5. The highest BCUT2D eigenvalue weighted by Gasteiger charge is 2.05. The molecule has 3 heteroatoms. The molecule has 0 saturated heterocycles. The first-order chi connectivity index (χ1) is 8.60. The van der Waals surface area contributed by atoms with Crippen LogP contribution in [0.4, 0.5) is 11.4 Å². The molecule has 2 aromatic rings. The summed E-state index contributed by atoms with van der Waals surface area (Å²) in [4.78, 5) is 0. The van der Waals surface area contributed by atoms with Crippen molar-refractivity contribution in [1.29, 1.82) is 5.26 Å². The normalized spacial score (nSPS) is 9.89. The molecule has 0 aromatic heterocycles. The summed E-state index contributed by atoms with van der Waals surface area (Å²) >= 11 is 6.14. The number of anilines is 2. The fraction of sp³-hybridized carbons (Fsp3) is 0.133. The largest absolute Gasteiger partial charge is 0.353 e. The van der Waals surface area contributed by atoms with Crippen molar-refractivity contribution in [2.45, 2.75) is 13.8 Å². The monoisotopic (exact) mass is 256 g/mol. The molecule has 0 unspecified atom stereocenters. The molecule has 2 nitrogen and oxygen atoms in total. The number of nitrogens with zero attached hydrogens (tertiary/aromatic N) is 1. The Labute approximate surface area is 112 Å². The Hall–Kier alpha value is -1.98. The van der Waals surface area contributed by atoms with E-state index >= 15 is 0 Å². The maximum atomic E-state index is 9.09. The lowest BCUT2D eigenvalue weighted by atomic mass is 10.1. The van der Waals surface area contributed by atoms with Gasteiger partial charge in [0.1, 0.15) is 6.07 Å². The van der Waals surface area contributed by atoms with Gasteiger partial charge < -0.3 is 5.32 Å². The third-order valence-electron chi connectivity index (χ3n) is 2.69. The van der Waals surface area contributed by atoms with Crippen LogP contribution in [0, 0.1) is 25.2 Å². The van der Waals surface area contributed by atoms with Gasteiger partial charge in [-0.05, 0) is 49.2 Å². The lowest BCUT2D eigenvalue weighted by molar-refractivity contribution is 1.40. The number of nitrogens with one attached hydrogen (secondary N) is 1. The van der Waals surface area contributed by atoms with Crippen molar-refractivity contribution in [2.24, 2.45) is 0 Å². The van der Waals surface area contributed by atoms with Gasteiger partial charge in [0.2, 0.25) is 0 Å². The van der Waals surface area contributed by atoms with Gasteiger partial charge in [-0.25, -0.2) is 0 Å². The topological polar surface area (TPSA) is 35.8 Å². The molecule has 18 heavy (non-hydrogen) atoms. The lowest BCUT2D eigenvalue weighted by Gasteiger charge is -2.11. The van der Waals surface area contributed by atoms with Gasteiger partial charge in [-0.3, -0.25) is 0 Å². The van der Waals surface area contributed by atoms with Gasteiger partial charge in [0, 0.05) is 0 Å². The molecule has 0 saturated carbocycles. The molecular formula is C15H13ClN2. The maximum Gasteiger partial charge on any atom is 0.101 e. The van der Waals surface area contributed by atoms with Gasteiger partial charge >= 0.3 is 0 Å². The van der Waals surface area contributed by atoms with Crippen molar-refractivity contribution in [3.05, 3.63) is 58.1 Å². The summed E-state index contributed by atoms with van der Waals surface area (Å²) in [5.74, 6) is 0. The van der Waals surface area contributed by atoms with Crippen molar-refractivity contribution >= 4 is 23.0 Å². The number of hydrogen-bond acceptors (Lipinski definition) is 2. The van der Waals surface area contributed by atoms with E-state index in [1.54, 1.807) is 6.07 Å². The average molecular weight is 257 g/mol. The number of aryl methyl sites for hydroxylation is 2. The van der Waals surface area contributed by atoms with Crippen LogP contribution in [0.15, 0.2) is 36.4 Å². The van der Waals surface area contributed by atoms with Crippen LogP contribution in [-0.2, 0) is 0 Å². The molecule has 1 N–H and O–H groups in total. The lowest BCUT2D eigenvalue weighted by Crippen LogP contribution is -1.95. The number of benzene rings is 2. The van der Waals surface area contributed by atoms with E-state index in [-0.39, 0.29) is 0 Å². The minimum absolute atomic E-state index is 0.609. The molecule has 2 aromatic carbocycles. The molecule has 2 rings (SSSR count). The van der Waals surface area contributed by atoms with E-state index in [4.69, 9.17) is 16.9 Å². The minimum Gasteiger partial charge on any atom is -0.353 e. The van der Waals surface area contributed by atoms with E-state index in [1.807, 2.05) is 44.2 Å². The second-order valence-electron chi connectivity index (χ2n) is 4.27. The fourth-order valence-corrected chi connectivity index (χ4v) is 1.90. The Kier molecular flexibility index (Phi) is 3.55. The van der Waals surface area contributed by atoms with Crippen LogP contribution >= 0.6 is 11.6 Å². The van der Waals surface area contributed by atoms with E-state index < -0.39 is 0 Å². The first kappa shape index (κ1) is 12.5. The van der Waals surface area contributed by atoms with Crippen LogP contribution in [0.25, 0.3) is 0 Å².